The number of carbonyl (C=O) groups is 4. The molecule has 0 saturated carbocycles. The summed E-state index contributed by atoms with van der Waals surface area (Å²) in [4.78, 5) is 46.3. The molecule has 0 spiro atoms. The molecule has 0 bridgehead atoms. The molecule has 39 heavy (non-hydrogen) atoms. The van der Waals surface area contributed by atoms with E-state index in [9.17, 15) is 19.2 Å². The van der Waals surface area contributed by atoms with Crippen molar-refractivity contribution in [1.82, 2.24) is 0 Å². The summed E-state index contributed by atoms with van der Waals surface area (Å²) in [6, 6.07) is 0. The van der Waals surface area contributed by atoms with Gasteiger partial charge in [0.05, 0.1) is 12.8 Å². The maximum atomic E-state index is 11.6. The van der Waals surface area contributed by atoms with E-state index in [1.165, 1.54) is 27.7 Å². The van der Waals surface area contributed by atoms with Gasteiger partial charge < -0.3 is 40.2 Å². The van der Waals surface area contributed by atoms with Crippen LogP contribution in [-0.4, -0.2) is 66.0 Å². The van der Waals surface area contributed by atoms with Gasteiger partial charge in [0, 0.05) is 23.0 Å². The van der Waals surface area contributed by atoms with Crippen LogP contribution in [0.4, 0.5) is 0 Å². The second kappa shape index (κ2) is 20.1. The first-order chi connectivity index (χ1) is 16.4. The van der Waals surface area contributed by atoms with Crippen LogP contribution < -0.4 is 0 Å². The molecule has 11 heteroatoms. The van der Waals surface area contributed by atoms with E-state index < -0.39 is 45.8 Å². The van der Waals surface area contributed by atoms with Crippen LogP contribution in [0.3, 0.4) is 0 Å². The molecule has 10 nitrogen and oxygen atoms in total. The first-order valence-electron chi connectivity index (χ1n) is 12.5. The van der Waals surface area contributed by atoms with Crippen molar-refractivity contribution in [3.05, 3.63) is 12.6 Å². The van der Waals surface area contributed by atoms with Crippen LogP contribution in [0, 0.1) is 34.2 Å². The Balaban J connectivity index is -0.000000152. The molecule has 0 aromatic carbocycles. The Bertz CT molecular complexity index is 658. The molecule has 0 unspecified atom stereocenters. The molecule has 0 atom stereocenters. The predicted molar refractivity (Wildman–Crippen MR) is 145 cm³/mol. The number of ketones is 4. The molecule has 0 saturated heterocycles. The Morgan fingerprint density at radius 2 is 0.667 bits per heavy atom. The second-order valence-electron chi connectivity index (χ2n) is 12.6. The number of rotatable bonds is 8. The minimum absolute atomic E-state index is 0. The summed E-state index contributed by atoms with van der Waals surface area (Å²) in [5.74, 6) is -1.38. The molecule has 0 radical (unpaired) electrons. The van der Waals surface area contributed by atoms with Crippen molar-refractivity contribution in [3.63, 3.8) is 0 Å². The Hall–Kier alpha value is -0.846. The van der Waals surface area contributed by atoms with Crippen molar-refractivity contribution in [3.8, 4) is 0 Å². The monoisotopic (exact) mass is 598 g/mol. The minimum atomic E-state index is -1.37. The van der Waals surface area contributed by atoms with Crippen molar-refractivity contribution in [1.29, 1.82) is 0 Å². The van der Waals surface area contributed by atoms with Gasteiger partial charge in [-0.3, -0.25) is 9.59 Å². The largest absolute Gasteiger partial charge is 2.00 e. The van der Waals surface area contributed by atoms with E-state index >= 15 is 0 Å². The van der Waals surface area contributed by atoms with Crippen LogP contribution in [0.25, 0.3) is 0 Å². The number of aliphatic hydroxyl groups excluding tert-OH is 4. The first-order valence-corrected chi connectivity index (χ1v) is 12.5. The van der Waals surface area contributed by atoms with E-state index in [1.54, 1.807) is 69.2 Å². The number of Topliss-reactive ketones (excluding diaryl/α,β-unsaturated/α-hetero) is 4. The van der Waals surface area contributed by atoms with Crippen LogP contribution in [-0.2, 0) is 40.9 Å². The van der Waals surface area contributed by atoms with Crippen LogP contribution in [0.2, 0.25) is 0 Å². The zero-order valence-electron chi connectivity index (χ0n) is 26.4. The summed E-state index contributed by atoms with van der Waals surface area (Å²) >= 11 is 0. The van der Waals surface area contributed by atoms with E-state index in [1.807, 2.05) is 0 Å². The molecule has 0 rings (SSSR count). The topological polar surface area (TPSA) is 190 Å². The van der Waals surface area contributed by atoms with Gasteiger partial charge in [-0.05, 0) is 27.7 Å². The summed E-state index contributed by atoms with van der Waals surface area (Å²) in [6.07, 6.45) is -2.79. The van der Waals surface area contributed by atoms with E-state index in [0.29, 0.717) is 0 Å². The number of carbonyl (C=O) groups excluding carboxylic acids is 4. The Morgan fingerprint density at radius 1 is 0.513 bits per heavy atom. The molecule has 0 aromatic rings. The van der Waals surface area contributed by atoms with Crippen LogP contribution in [0.15, 0.2) is 0 Å². The molecule has 6 N–H and O–H groups in total. The summed E-state index contributed by atoms with van der Waals surface area (Å²) in [5, 5.41) is 51.7. The van der Waals surface area contributed by atoms with E-state index in [-0.39, 0.29) is 58.3 Å². The normalized spacial score (nSPS) is 11.9. The maximum absolute atomic E-state index is 11.6. The molecule has 230 valence electrons. The standard InChI is InChI=1S/2C11H19O4.2C3H8O.Ti/c2*1-10(2,3)7(12)6-8(13)11(4,5)9(14)15;2*1-3(2)4;/h2*14-15H,6H2,1-5H3;2*3-4H,1-2H3;/q2*-1;;;+2. The van der Waals surface area contributed by atoms with Gasteiger partial charge in [-0.1, -0.05) is 92.6 Å². The third kappa shape index (κ3) is 24.7. The Labute approximate surface area is 250 Å². The van der Waals surface area contributed by atoms with Crippen molar-refractivity contribution in [2.75, 3.05) is 0 Å². The van der Waals surface area contributed by atoms with Crippen molar-refractivity contribution >= 4 is 23.1 Å². The van der Waals surface area contributed by atoms with Crippen LogP contribution >= 0.6 is 0 Å². The van der Waals surface area contributed by atoms with Gasteiger partial charge >= 0.3 is 21.7 Å². The van der Waals surface area contributed by atoms with Gasteiger partial charge in [0.25, 0.3) is 0 Å². The molecule has 0 aliphatic rings. The Morgan fingerprint density at radius 3 is 0.769 bits per heavy atom. The average molecular weight is 599 g/mol. The fourth-order valence-electron chi connectivity index (χ4n) is 1.51. The third-order valence-electron chi connectivity index (χ3n) is 4.83. The summed E-state index contributed by atoms with van der Waals surface area (Å²) in [7, 11) is 0. The summed E-state index contributed by atoms with van der Waals surface area (Å²) in [5.41, 5.74) is -3.92. The minimum Gasteiger partial charge on any atom is -0.535 e. The molecule has 0 aliphatic heterocycles. The fraction of sp³-hybridized carbons (Fsp3) is 0.786. The van der Waals surface area contributed by atoms with Crippen LogP contribution in [0.5, 0.6) is 0 Å². The molecular weight excluding hydrogens is 544 g/mol. The molecule has 0 aliphatic carbocycles. The fourth-order valence-corrected chi connectivity index (χ4v) is 1.51. The smallest absolute Gasteiger partial charge is 0.535 e. The molecule has 0 aromatic heterocycles. The van der Waals surface area contributed by atoms with Crippen molar-refractivity contribution in [2.45, 2.75) is 122 Å². The van der Waals surface area contributed by atoms with Gasteiger partial charge in [0.15, 0.2) is 0 Å². The second-order valence-corrected chi connectivity index (χ2v) is 12.6. The van der Waals surface area contributed by atoms with Crippen molar-refractivity contribution < 1.29 is 71.5 Å². The molecule has 0 amide bonds. The van der Waals surface area contributed by atoms with E-state index in [2.05, 4.69) is 0 Å². The SMILES string of the molecule is CC(C)(C)C(=O)CC(=O)C(C)(C)[C-](O)O.CC(C)(C)C(=O)CC(=O)C(C)(C)[C-](O)O.CC(C)O.CC(C)O.[Ti+2]. The predicted octanol–water partition coefficient (Wildman–Crippen LogP) is 4.41. The quantitative estimate of drug-likeness (QED) is 0.133. The first kappa shape index (κ1) is 47.9. The van der Waals surface area contributed by atoms with Crippen molar-refractivity contribution in [2.24, 2.45) is 21.7 Å². The van der Waals surface area contributed by atoms with Gasteiger partial charge in [-0.2, -0.15) is 0 Å². The zero-order valence-corrected chi connectivity index (χ0v) is 27.9. The van der Waals surface area contributed by atoms with Gasteiger partial charge in [-0.25, -0.2) is 0 Å². The zero-order chi connectivity index (χ0) is 32.0. The molecular formula is C28H54O10Ti. The van der Waals surface area contributed by atoms with Crippen LogP contribution in [0.1, 0.15) is 110 Å². The van der Waals surface area contributed by atoms with Gasteiger partial charge in [0.2, 0.25) is 0 Å². The number of aliphatic hydroxyl groups is 6. The summed E-state index contributed by atoms with van der Waals surface area (Å²) in [6.45, 7) is 22.7. The molecule has 0 heterocycles. The Kier molecular flexibility index (Phi) is 24.7. The number of hydrogen-bond donors (Lipinski definition) is 6. The third-order valence-corrected chi connectivity index (χ3v) is 4.83. The van der Waals surface area contributed by atoms with E-state index in [4.69, 9.17) is 30.6 Å². The average Bonchev–Trinajstić information content (AvgIpc) is 2.65. The van der Waals surface area contributed by atoms with E-state index in [0.717, 1.165) is 0 Å². The summed E-state index contributed by atoms with van der Waals surface area (Å²) < 4.78 is 0. The van der Waals surface area contributed by atoms with Gasteiger partial charge in [0.1, 0.15) is 23.1 Å². The number of hydrogen-bond acceptors (Lipinski definition) is 10. The maximum Gasteiger partial charge on any atom is 2.00 e. The molecule has 0 fully saturated rings. The van der Waals surface area contributed by atoms with Gasteiger partial charge in [-0.15, -0.1) is 0 Å².